The molecule has 3 aliphatic rings. The van der Waals surface area contributed by atoms with Gasteiger partial charge in [0.15, 0.2) is 0 Å². The van der Waals surface area contributed by atoms with Gasteiger partial charge in [-0.15, -0.1) is 0 Å². The van der Waals surface area contributed by atoms with Crippen LogP contribution in [0.15, 0.2) is 54.5 Å². The zero-order valence-corrected chi connectivity index (χ0v) is 22.3. The molecule has 1 spiro atoms. The molecule has 2 fully saturated rings. The van der Waals surface area contributed by atoms with Crippen molar-refractivity contribution in [3.05, 3.63) is 71.2 Å². The van der Waals surface area contributed by atoms with E-state index in [0.29, 0.717) is 50.3 Å². The number of hydrogen-bond donors (Lipinski definition) is 0. The van der Waals surface area contributed by atoms with E-state index in [0.717, 1.165) is 28.1 Å². The van der Waals surface area contributed by atoms with Crippen LogP contribution in [0.3, 0.4) is 0 Å². The highest BCUT2D eigenvalue weighted by atomic mass is 16.5. The molecule has 0 saturated carbocycles. The fourth-order valence-electron chi connectivity index (χ4n) is 6.61. The third-order valence-electron chi connectivity index (χ3n) is 8.45. The maximum Gasteiger partial charge on any atom is 0.325 e. The molecule has 3 amide bonds. The van der Waals surface area contributed by atoms with Crippen LogP contribution in [0.25, 0.3) is 5.52 Å². The molecule has 9 nitrogen and oxygen atoms in total. The third kappa shape index (κ3) is 3.48. The van der Waals surface area contributed by atoms with Gasteiger partial charge in [0, 0.05) is 49.1 Å². The molecule has 9 heteroatoms. The molecule has 38 heavy (non-hydrogen) atoms. The van der Waals surface area contributed by atoms with Crippen molar-refractivity contribution in [1.29, 1.82) is 0 Å². The number of ether oxygens (including phenoxy) is 2. The van der Waals surface area contributed by atoms with E-state index in [2.05, 4.69) is 18.1 Å². The highest BCUT2D eigenvalue weighted by Crippen LogP contribution is 2.49. The van der Waals surface area contributed by atoms with E-state index in [-0.39, 0.29) is 17.9 Å². The average molecular weight is 516 g/mol. The molecular formula is C29H33N5O4. The molecule has 2 saturated heterocycles. The summed E-state index contributed by atoms with van der Waals surface area (Å²) in [5.41, 5.74) is 4.12. The second kappa shape index (κ2) is 9.08. The number of hydrogen-bond acceptors (Lipinski definition) is 5. The molecule has 0 bridgehead atoms. The van der Waals surface area contributed by atoms with Gasteiger partial charge in [-0.25, -0.2) is 9.31 Å². The first kappa shape index (κ1) is 24.3. The predicted octanol–water partition coefficient (Wildman–Crippen LogP) is 4.29. The van der Waals surface area contributed by atoms with Crippen LogP contribution >= 0.6 is 0 Å². The molecule has 0 radical (unpaired) electrons. The summed E-state index contributed by atoms with van der Waals surface area (Å²) in [5.74, 6) is 1.51. The van der Waals surface area contributed by atoms with Crippen molar-refractivity contribution in [2.75, 3.05) is 33.9 Å². The van der Waals surface area contributed by atoms with Crippen molar-refractivity contribution in [1.82, 2.24) is 24.3 Å². The second-order valence-electron chi connectivity index (χ2n) is 10.3. The normalized spacial score (nSPS) is 20.3. The van der Waals surface area contributed by atoms with E-state index < -0.39 is 5.54 Å². The summed E-state index contributed by atoms with van der Waals surface area (Å²) in [7, 11) is 3.31. The highest BCUT2D eigenvalue weighted by molar-refractivity contribution is 6.00. The number of fused-ring (bicyclic) bond motifs is 4. The molecule has 1 aromatic carbocycles. The smallest absolute Gasteiger partial charge is 0.325 e. The van der Waals surface area contributed by atoms with Crippen molar-refractivity contribution >= 4 is 17.5 Å². The summed E-state index contributed by atoms with van der Waals surface area (Å²) in [4.78, 5) is 33.2. The Morgan fingerprint density at radius 3 is 2.66 bits per heavy atom. The predicted molar refractivity (Wildman–Crippen MR) is 142 cm³/mol. The van der Waals surface area contributed by atoms with Gasteiger partial charge in [-0.3, -0.25) is 9.69 Å². The largest absolute Gasteiger partial charge is 0.497 e. The number of pyridine rings is 1. The number of piperidine rings is 1. The Labute approximate surface area is 222 Å². The zero-order valence-electron chi connectivity index (χ0n) is 22.3. The Morgan fingerprint density at radius 1 is 1.16 bits per heavy atom. The molecule has 6 rings (SSSR count). The summed E-state index contributed by atoms with van der Waals surface area (Å²) >= 11 is 0. The number of allylic oxidation sites excluding steroid dienone is 1. The van der Waals surface area contributed by atoms with Gasteiger partial charge in [0.2, 0.25) is 0 Å². The summed E-state index contributed by atoms with van der Waals surface area (Å²) in [6, 6.07) is 9.66. The fourth-order valence-corrected chi connectivity index (χ4v) is 6.61. The summed E-state index contributed by atoms with van der Waals surface area (Å²) in [6.45, 7) is 6.39. The second-order valence-corrected chi connectivity index (χ2v) is 10.3. The number of aromatic nitrogens is 2. The van der Waals surface area contributed by atoms with E-state index in [9.17, 15) is 9.59 Å². The quantitative estimate of drug-likeness (QED) is 0.518. The van der Waals surface area contributed by atoms with Crippen molar-refractivity contribution in [3.63, 3.8) is 0 Å². The first-order valence-electron chi connectivity index (χ1n) is 13.2. The Morgan fingerprint density at radius 2 is 1.95 bits per heavy atom. The van der Waals surface area contributed by atoms with Crippen LogP contribution in [0.5, 0.6) is 11.5 Å². The molecule has 2 aromatic heterocycles. The first-order valence-corrected chi connectivity index (χ1v) is 13.2. The van der Waals surface area contributed by atoms with E-state index >= 15 is 0 Å². The van der Waals surface area contributed by atoms with Gasteiger partial charge in [-0.1, -0.05) is 19.1 Å². The number of benzene rings is 1. The summed E-state index contributed by atoms with van der Waals surface area (Å²) in [6.07, 6.45) is 7.09. The highest BCUT2D eigenvalue weighted by Gasteiger charge is 2.55. The van der Waals surface area contributed by atoms with Gasteiger partial charge in [0.25, 0.3) is 5.91 Å². The SMILES string of the molecule is CCN1C(=O)N2Cc3cc(OC)cc(OC)c3C(C)C=C2C12CCN(C(=O)c1cnn3ccccc13)CC2. The minimum Gasteiger partial charge on any atom is -0.497 e. The Bertz CT molecular complexity index is 1450. The minimum atomic E-state index is -0.447. The molecule has 3 aromatic rings. The van der Waals surface area contributed by atoms with E-state index in [4.69, 9.17) is 9.47 Å². The molecule has 0 aliphatic carbocycles. The minimum absolute atomic E-state index is 0.0160. The third-order valence-corrected chi connectivity index (χ3v) is 8.45. The monoisotopic (exact) mass is 515 g/mol. The average Bonchev–Trinajstić information content (AvgIpc) is 3.40. The number of rotatable bonds is 4. The lowest BCUT2D eigenvalue weighted by Gasteiger charge is -2.44. The van der Waals surface area contributed by atoms with Crippen LogP contribution in [-0.2, 0) is 6.54 Å². The van der Waals surface area contributed by atoms with Crippen molar-refractivity contribution < 1.29 is 19.1 Å². The van der Waals surface area contributed by atoms with Crippen molar-refractivity contribution in [2.24, 2.45) is 0 Å². The summed E-state index contributed by atoms with van der Waals surface area (Å²) < 4.78 is 13.0. The van der Waals surface area contributed by atoms with Crippen molar-refractivity contribution in [3.8, 4) is 11.5 Å². The van der Waals surface area contributed by atoms with E-state index in [1.165, 1.54) is 0 Å². The standard InChI is InChI=1S/C29H33N5O4/c1-5-33-28(36)32-18-20-15-21(37-3)16-24(38-4)26(20)19(2)14-25(32)29(33)9-12-31(13-10-29)27(35)22-17-30-34-11-7-6-8-23(22)34/h6-8,11,14-17,19H,5,9-10,12-13,18H2,1-4H3. The first-order chi connectivity index (χ1) is 18.4. The number of likely N-dealkylation sites (tertiary alicyclic amines) is 1. The molecule has 198 valence electrons. The van der Waals surface area contributed by atoms with Gasteiger partial charge in [0.1, 0.15) is 11.5 Å². The fraction of sp³-hybridized carbons (Fsp3) is 0.414. The topological polar surface area (TPSA) is 79.6 Å². The number of likely N-dealkylation sites (N-methyl/N-ethyl adjacent to an activating group) is 1. The van der Waals surface area contributed by atoms with Gasteiger partial charge in [-0.2, -0.15) is 5.10 Å². The van der Waals surface area contributed by atoms with Crippen LogP contribution in [-0.4, -0.2) is 75.6 Å². The maximum atomic E-state index is 13.8. The van der Waals surface area contributed by atoms with Gasteiger partial charge >= 0.3 is 6.03 Å². The Hall–Kier alpha value is -4.01. The molecule has 1 unspecified atom stereocenters. The van der Waals surface area contributed by atoms with E-state index in [1.54, 1.807) is 24.9 Å². The number of amides is 3. The number of urea groups is 1. The molecule has 5 heterocycles. The number of carbonyl (C=O) groups is 2. The molecular weight excluding hydrogens is 482 g/mol. The lowest BCUT2D eigenvalue weighted by Crippen LogP contribution is -2.54. The van der Waals surface area contributed by atoms with Crippen LogP contribution in [0.1, 0.15) is 54.1 Å². The molecule has 0 N–H and O–H groups in total. The number of nitrogens with zero attached hydrogens (tertiary/aromatic N) is 5. The van der Waals surface area contributed by atoms with Crippen molar-refractivity contribution in [2.45, 2.75) is 44.7 Å². The Balaban J connectivity index is 1.33. The van der Waals surface area contributed by atoms with Crippen LogP contribution < -0.4 is 9.47 Å². The zero-order chi connectivity index (χ0) is 26.6. The van der Waals surface area contributed by atoms with Crippen LogP contribution in [0.2, 0.25) is 0 Å². The lowest BCUT2D eigenvalue weighted by molar-refractivity contribution is 0.0577. The lowest BCUT2D eigenvalue weighted by atomic mass is 9.82. The number of carbonyl (C=O) groups excluding carboxylic acids is 2. The van der Waals surface area contributed by atoms with Gasteiger partial charge in [-0.05, 0) is 43.5 Å². The van der Waals surface area contributed by atoms with E-state index in [1.807, 2.05) is 58.2 Å². The Kier molecular flexibility index (Phi) is 5.81. The van der Waals surface area contributed by atoms with Crippen LogP contribution in [0, 0.1) is 0 Å². The van der Waals surface area contributed by atoms with Gasteiger partial charge < -0.3 is 19.3 Å². The summed E-state index contributed by atoms with van der Waals surface area (Å²) in [5, 5.41) is 4.34. The molecule has 1 atom stereocenters. The number of methoxy groups -OCH3 is 2. The maximum absolute atomic E-state index is 13.8. The van der Waals surface area contributed by atoms with Crippen LogP contribution in [0.4, 0.5) is 4.79 Å². The van der Waals surface area contributed by atoms with Gasteiger partial charge in [0.05, 0.1) is 43.6 Å². The molecule has 3 aliphatic heterocycles.